The Labute approximate surface area is 123 Å². The molecule has 0 aliphatic carbocycles. The zero-order valence-corrected chi connectivity index (χ0v) is 12.0. The van der Waals surface area contributed by atoms with Crippen LogP contribution in [0.2, 0.25) is 0 Å². The zero-order valence-electron chi connectivity index (χ0n) is 12.0. The molecule has 2 heterocycles. The highest BCUT2D eigenvalue weighted by molar-refractivity contribution is 5.87. The van der Waals surface area contributed by atoms with Crippen LogP contribution >= 0.6 is 0 Å². The minimum Gasteiger partial charge on any atom is -0.478 e. The minimum absolute atomic E-state index is 0.331. The second-order valence-electron chi connectivity index (χ2n) is 5.58. The average molecular weight is 285 g/mol. The number of benzene rings is 1. The number of imidazole rings is 1. The SMILES string of the molecule is Cc1cnc([C@H]2CCCN2Cc2ccc(C(=O)O)cc2)[nH]1. The maximum atomic E-state index is 10.9. The molecule has 0 saturated carbocycles. The summed E-state index contributed by atoms with van der Waals surface area (Å²) in [5, 5.41) is 8.93. The predicted molar refractivity (Wildman–Crippen MR) is 79.1 cm³/mol. The molecule has 1 aliphatic rings. The summed E-state index contributed by atoms with van der Waals surface area (Å²) in [7, 11) is 0. The van der Waals surface area contributed by atoms with E-state index in [-0.39, 0.29) is 0 Å². The van der Waals surface area contributed by atoms with E-state index < -0.39 is 5.97 Å². The highest BCUT2D eigenvalue weighted by atomic mass is 16.4. The number of hydrogen-bond donors (Lipinski definition) is 2. The maximum absolute atomic E-state index is 10.9. The number of nitrogens with zero attached hydrogens (tertiary/aromatic N) is 2. The molecule has 3 rings (SSSR count). The highest BCUT2D eigenvalue weighted by Gasteiger charge is 2.27. The van der Waals surface area contributed by atoms with Crippen molar-refractivity contribution >= 4 is 5.97 Å². The molecule has 1 atom stereocenters. The van der Waals surface area contributed by atoms with Gasteiger partial charge in [0.25, 0.3) is 0 Å². The van der Waals surface area contributed by atoms with Crippen LogP contribution in [0.1, 0.15) is 46.3 Å². The molecule has 1 aliphatic heterocycles. The number of aromatic nitrogens is 2. The molecule has 0 bridgehead atoms. The third-order valence-electron chi connectivity index (χ3n) is 3.99. The normalized spacial score (nSPS) is 19.0. The summed E-state index contributed by atoms with van der Waals surface area (Å²) in [6, 6.07) is 7.45. The van der Waals surface area contributed by atoms with Gasteiger partial charge in [-0.1, -0.05) is 12.1 Å². The van der Waals surface area contributed by atoms with Crippen LogP contribution in [-0.2, 0) is 6.54 Å². The van der Waals surface area contributed by atoms with Crippen molar-refractivity contribution in [3.05, 3.63) is 53.1 Å². The fourth-order valence-electron chi connectivity index (χ4n) is 2.91. The van der Waals surface area contributed by atoms with Crippen LogP contribution in [0.25, 0.3) is 0 Å². The third kappa shape index (κ3) is 2.97. The number of likely N-dealkylation sites (tertiary alicyclic amines) is 1. The number of aromatic amines is 1. The first-order valence-corrected chi connectivity index (χ1v) is 7.21. The van der Waals surface area contributed by atoms with Gasteiger partial charge in [-0.2, -0.15) is 0 Å². The van der Waals surface area contributed by atoms with Crippen LogP contribution in [-0.4, -0.2) is 32.5 Å². The van der Waals surface area contributed by atoms with Gasteiger partial charge in [-0.05, 0) is 44.0 Å². The fraction of sp³-hybridized carbons (Fsp3) is 0.375. The van der Waals surface area contributed by atoms with Gasteiger partial charge in [0, 0.05) is 18.4 Å². The predicted octanol–water partition coefficient (Wildman–Crippen LogP) is 2.75. The van der Waals surface area contributed by atoms with Gasteiger partial charge in [0.1, 0.15) is 5.82 Å². The summed E-state index contributed by atoms with van der Waals surface area (Å²) >= 11 is 0. The van der Waals surface area contributed by atoms with E-state index in [9.17, 15) is 4.79 Å². The Hall–Kier alpha value is -2.14. The number of carboxylic acids is 1. The summed E-state index contributed by atoms with van der Waals surface area (Å²) < 4.78 is 0. The Morgan fingerprint density at radius 1 is 1.43 bits per heavy atom. The Balaban J connectivity index is 1.72. The topological polar surface area (TPSA) is 69.2 Å². The van der Waals surface area contributed by atoms with E-state index in [0.29, 0.717) is 11.6 Å². The molecule has 2 N–H and O–H groups in total. The number of H-pyrrole nitrogens is 1. The van der Waals surface area contributed by atoms with Gasteiger partial charge in [0.15, 0.2) is 0 Å². The molecule has 0 amide bonds. The lowest BCUT2D eigenvalue weighted by molar-refractivity contribution is 0.0697. The Bertz CT molecular complexity index is 633. The van der Waals surface area contributed by atoms with E-state index in [2.05, 4.69) is 14.9 Å². The molecule has 1 aromatic carbocycles. The van der Waals surface area contributed by atoms with Crippen molar-refractivity contribution in [1.82, 2.24) is 14.9 Å². The van der Waals surface area contributed by atoms with Gasteiger partial charge >= 0.3 is 5.97 Å². The molecular weight excluding hydrogens is 266 g/mol. The van der Waals surface area contributed by atoms with Gasteiger partial charge in [-0.15, -0.1) is 0 Å². The Morgan fingerprint density at radius 3 is 2.81 bits per heavy atom. The molecule has 0 spiro atoms. The van der Waals surface area contributed by atoms with E-state index in [1.54, 1.807) is 12.1 Å². The van der Waals surface area contributed by atoms with Crippen molar-refractivity contribution in [2.45, 2.75) is 32.4 Å². The fourth-order valence-corrected chi connectivity index (χ4v) is 2.91. The number of carboxylic acid groups (broad SMARTS) is 1. The lowest BCUT2D eigenvalue weighted by atomic mass is 10.1. The second kappa shape index (κ2) is 5.69. The number of aryl methyl sites for hydroxylation is 1. The van der Waals surface area contributed by atoms with Crippen LogP contribution in [0.3, 0.4) is 0 Å². The van der Waals surface area contributed by atoms with Crippen molar-refractivity contribution in [3.8, 4) is 0 Å². The van der Waals surface area contributed by atoms with Gasteiger partial charge in [-0.3, -0.25) is 4.90 Å². The second-order valence-corrected chi connectivity index (χ2v) is 5.58. The monoisotopic (exact) mass is 285 g/mol. The van der Waals surface area contributed by atoms with E-state index in [1.165, 1.54) is 0 Å². The molecule has 110 valence electrons. The van der Waals surface area contributed by atoms with Crippen molar-refractivity contribution < 1.29 is 9.90 Å². The number of rotatable bonds is 4. The number of carbonyl (C=O) groups is 1. The van der Waals surface area contributed by atoms with Crippen LogP contribution in [0.15, 0.2) is 30.5 Å². The van der Waals surface area contributed by atoms with Crippen LogP contribution < -0.4 is 0 Å². The van der Waals surface area contributed by atoms with Crippen LogP contribution in [0.5, 0.6) is 0 Å². The quantitative estimate of drug-likeness (QED) is 0.906. The molecule has 0 radical (unpaired) electrons. The summed E-state index contributed by atoms with van der Waals surface area (Å²) in [5.41, 5.74) is 2.55. The van der Waals surface area contributed by atoms with E-state index >= 15 is 0 Å². The van der Waals surface area contributed by atoms with Gasteiger partial charge in [0.2, 0.25) is 0 Å². The van der Waals surface area contributed by atoms with Crippen LogP contribution in [0.4, 0.5) is 0 Å². The average Bonchev–Trinajstić information content (AvgIpc) is 3.08. The molecule has 1 saturated heterocycles. The van der Waals surface area contributed by atoms with Crippen molar-refractivity contribution in [1.29, 1.82) is 0 Å². The maximum Gasteiger partial charge on any atom is 0.335 e. The smallest absolute Gasteiger partial charge is 0.335 e. The molecule has 1 fully saturated rings. The summed E-state index contributed by atoms with van der Waals surface area (Å²) in [6.45, 7) is 3.88. The molecule has 21 heavy (non-hydrogen) atoms. The molecular formula is C16H19N3O2. The lowest BCUT2D eigenvalue weighted by Crippen LogP contribution is -2.23. The van der Waals surface area contributed by atoms with Crippen molar-refractivity contribution in [3.63, 3.8) is 0 Å². The van der Waals surface area contributed by atoms with Crippen molar-refractivity contribution in [2.24, 2.45) is 0 Å². The number of nitrogens with one attached hydrogen (secondary N) is 1. The molecule has 5 nitrogen and oxygen atoms in total. The first-order chi connectivity index (χ1) is 10.1. The van der Waals surface area contributed by atoms with E-state index in [1.807, 2.05) is 25.3 Å². The third-order valence-corrected chi connectivity index (χ3v) is 3.99. The van der Waals surface area contributed by atoms with Gasteiger partial charge in [0.05, 0.1) is 11.6 Å². The van der Waals surface area contributed by atoms with Gasteiger partial charge in [-0.25, -0.2) is 9.78 Å². The first-order valence-electron chi connectivity index (χ1n) is 7.21. The molecule has 1 aromatic heterocycles. The minimum atomic E-state index is -0.883. The number of aromatic carboxylic acids is 1. The Morgan fingerprint density at radius 2 is 2.19 bits per heavy atom. The summed E-state index contributed by atoms with van der Waals surface area (Å²) in [6.07, 6.45) is 4.14. The lowest BCUT2D eigenvalue weighted by Gasteiger charge is -2.23. The van der Waals surface area contributed by atoms with Gasteiger partial charge < -0.3 is 10.1 Å². The summed E-state index contributed by atoms with van der Waals surface area (Å²) in [5.74, 6) is 0.152. The first kappa shape index (κ1) is 13.8. The largest absolute Gasteiger partial charge is 0.478 e. The van der Waals surface area contributed by atoms with Crippen LogP contribution in [0, 0.1) is 6.92 Å². The van der Waals surface area contributed by atoms with Crippen molar-refractivity contribution in [2.75, 3.05) is 6.54 Å². The molecule has 2 aromatic rings. The Kier molecular flexibility index (Phi) is 3.75. The van der Waals surface area contributed by atoms with E-state index in [4.69, 9.17) is 5.11 Å². The zero-order chi connectivity index (χ0) is 14.8. The number of hydrogen-bond acceptors (Lipinski definition) is 3. The van der Waals surface area contributed by atoms with E-state index in [0.717, 1.165) is 43.0 Å². The standard InChI is InChI=1S/C16H19N3O2/c1-11-9-17-15(18-11)14-3-2-8-19(14)10-12-4-6-13(7-5-12)16(20)21/h4-7,9,14H,2-3,8,10H2,1H3,(H,17,18)(H,20,21)/t14-/m1/s1. The highest BCUT2D eigenvalue weighted by Crippen LogP contribution is 2.31. The molecule has 5 heteroatoms. The summed E-state index contributed by atoms with van der Waals surface area (Å²) in [4.78, 5) is 21.0. The molecule has 0 unspecified atom stereocenters.